The molecule has 1 aromatic rings. The van der Waals surface area contributed by atoms with Crippen molar-refractivity contribution >= 4 is 25.6 Å². The maximum atomic E-state index is 14.1. The Morgan fingerprint density at radius 1 is 1.40 bits per heavy atom. The van der Waals surface area contributed by atoms with E-state index in [2.05, 4.69) is 0 Å². The first-order chi connectivity index (χ1) is 9.23. The van der Waals surface area contributed by atoms with Gasteiger partial charge in [0.2, 0.25) is 0 Å². The van der Waals surface area contributed by atoms with E-state index in [-0.39, 0.29) is 6.04 Å². The SMILES string of the molecule is CC1CCCN1C(=O)c1c(F)ccc(S(=O)(=O)Cl)c1F. The summed E-state index contributed by atoms with van der Waals surface area (Å²) in [5.74, 6) is -3.40. The van der Waals surface area contributed by atoms with Crippen LogP contribution < -0.4 is 0 Å². The van der Waals surface area contributed by atoms with Gasteiger partial charge in [-0.15, -0.1) is 0 Å². The van der Waals surface area contributed by atoms with Crippen molar-refractivity contribution in [2.75, 3.05) is 6.54 Å². The minimum absolute atomic E-state index is 0.141. The molecule has 1 fully saturated rings. The molecule has 1 aliphatic rings. The molecule has 1 aromatic carbocycles. The lowest BCUT2D eigenvalue weighted by atomic mass is 10.1. The molecule has 0 N–H and O–H groups in total. The first-order valence-electron chi connectivity index (χ1n) is 5.97. The molecule has 0 bridgehead atoms. The molecule has 0 aliphatic carbocycles. The Morgan fingerprint density at radius 3 is 2.55 bits per heavy atom. The summed E-state index contributed by atoms with van der Waals surface area (Å²) in [6, 6.07) is 1.29. The minimum atomic E-state index is -4.38. The maximum Gasteiger partial charge on any atom is 0.264 e. The smallest absolute Gasteiger partial charge is 0.264 e. The fourth-order valence-corrected chi connectivity index (χ4v) is 3.20. The van der Waals surface area contributed by atoms with Crippen LogP contribution in [-0.2, 0) is 9.05 Å². The van der Waals surface area contributed by atoms with Crippen molar-refractivity contribution < 1.29 is 22.0 Å². The van der Waals surface area contributed by atoms with E-state index in [0.717, 1.165) is 18.9 Å². The molecule has 8 heteroatoms. The van der Waals surface area contributed by atoms with Gasteiger partial charge < -0.3 is 4.90 Å². The van der Waals surface area contributed by atoms with Crippen molar-refractivity contribution in [1.82, 2.24) is 4.90 Å². The Morgan fingerprint density at radius 2 is 2.05 bits per heavy atom. The number of rotatable bonds is 2. The number of amides is 1. The number of benzene rings is 1. The van der Waals surface area contributed by atoms with Crippen LogP contribution in [0.4, 0.5) is 8.78 Å². The number of likely N-dealkylation sites (tertiary alicyclic amines) is 1. The van der Waals surface area contributed by atoms with Crippen LogP contribution in [0.25, 0.3) is 0 Å². The highest BCUT2D eigenvalue weighted by Crippen LogP contribution is 2.27. The summed E-state index contributed by atoms with van der Waals surface area (Å²) < 4.78 is 50.2. The second kappa shape index (κ2) is 5.29. The number of hydrogen-bond donors (Lipinski definition) is 0. The van der Waals surface area contributed by atoms with Gasteiger partial charge in [-0.3, -0.25) is 4.79 Å². The van der Waals surface area contributed by atoms with Crippen LogP contribution in [0, 0.1) is 11.6 Å². The highest BCUT2D eigenvalue weighted by Gasteiger charge is 2.32. The zero-order chi connectivity index (χ0) is 15.1. The van der Waals surface area contributed by atoms with E-state index in [4.69, 9.17) is 10.7 Å². The van der Waals surface area contributed by atoms with Crippen LogP contribution in [0.5, 0.6) is 0 Å². The summed E-state index contributed by atoms with van der Waals surface area (Å²) in [5.41, 5.74) is -0.875. The average Bonchev–Trinajstić information content (AvgIpc) is 2.73. The quantitative estimate of drug-likeness (QED) is 0.786. The van der Waals surface area contributed by atoms with E-state index >= 15 is 0 Å². The number of carbonyl (C=O) groups excluding carboxylic acids is 1. The molecule has 2 rings (SSSR count). The second-order valence-corrected chi connectivity index (χ2v) is 7.20. The van der Waals surface area contributed by atoms with Gasteiger partial charge in [0.25, 0.3) is 15.0 Å². The zero-order valence-corrected chi connectivity index (χ0v) is 12.1. The minimum Gasteiger partial charge on any atom is -0.336 e. The molecule has 1 aliphatic heterocycles. The molecular formula is C12H12ClF2NO3S. The molecule has 0 radical (unpaired) electrons. The fourth-order valence-electron chi connectivity index (χ4n) is 2.30. The van der Waals surface area contributed by atoms with Gasteiger partial charge in [-0.25, -0.2) is 17.2 Å². The molecule has 1 atom stereocenters. The Hall–Kier alpha value is -1.21. The highest BCUT2D eigenvalue weighted by molar-refractivity contribution is 8.13. The normalized spacial score (nSPS) is 19.4. The van der Waals surface area contributed by atoms with Gasteiger partial charge in [-0.2, -0.15) is 0 Å². The van der Waals surface area contributed by atoms with E-state index in [1.807, 2.05) is 0 Å². The molecule has 0 aromatic heterocycles. The summed E-state index contributed by atoms with van der Waals surface area (Å²) in [7, 11) is 0.683. The van der Waals surface area contributed by atoms with Crippen molar-refractivity contribution in [3.8, 4) is 0 Å². The molecule has 20 heavy (non-hydrogen) atoms. The molecule has 1 amide bonds. The number of nitrogens with zero attached hydrogens (tertiary/aromatic N) is 1. The predicted molar refractivity (Wildman–Crippen MR) is 69.1 cm³/mol. The lowest BCUT2D eigenvalue weighted by molar-refractivity contribution is 0.0737. The largest absolute Gasteiger partial charge is 0.336 e. The highest BCUT2D eigenvalue weighted by atomic mass is 35.7. The van der Waals surface area contributed by atoms with Gasteiger partial charge in [-0.05, 0) is 31.9 Å². The van der Waals surface area contributed by atoms with E-state index in [1.54, 1.807) is 6.92 Å². The van der Waals surface area contributed by atoms with Crippen LogP contribution >= 0.6 is 10.7 Å². The van der Waals surface area contributed by atoms with E-state index in [1.165, 1.54) is 4.90 Å². The van der Waals surface area contributed by atoms with Crippen LogP contribution in [-0.4, -0.2) is 31.8 Å². The first-order valence-corrected chi connectivity index (χ1v) is 8.28. The molecule has 1 saturated heterocycles. The number of halogens is 3. The number of hydrogen-bond acceptors (Lipinski definition) is 3. The first kappa shape index (κ1) is 15.2. The van der Waals surface area contributed by atoms with Crippen molar-refractivity contribution in [3.63, 3.8) is 0 Å². The molecule has 1 unspecified atom stereocenters. The molecular weight excluding hydrogens is 312 g/mol. The Kier molecular flexibility index (Phi) is 4.02. The Balaban J connectivity index is 2.54. The summed E-state index contributed by atoms with van der Waals surface area (Å²) in [5, 5.41) is 0. The summed E-state index contributed by atoms with van der Waals surface area (Å²) in [6.07, 6.45) is 1.48. The standard InChI is InChI=1S/C12H12ClF2NO3S/c1-7-3-2-6-16(7)12(17)10-8(14)4-5-9(11(10)15)20(13,18)19/h4-5,7H,2-3,6H2,1H3. The van der Waals surface area contributed by atoms with Crippen molar-refractivity contribution in [2.24, 2.45) is 0 Å². The lowest BCUT2D eigenvalue weighted by Gasteiger charge is -2.22. The molecule has 0 saturated carbocycles. The van der Waals surface area contributed by atoms with Crippen molar-refractivity contribution in [1.29, 1.82) is 0 Å². The Bertz CT molecular complexity index is 663. The van der Waals surface area contributed by atoms with Gasteiger partial charge >= 0.3 is 0 Å². The number of carbonyl (C=O) groups is 1. The van der Waals surface area contributed by atoms with Crippen LogP contribution in [0.2, 0.25) is 0 Å². The maximum absolute atomic E-state index is 14.1. The van der Waals surface area contributed by atoms with Gasteiger partial charge in [-0.1, -0.05) is 0 Å². The third kappa shape index (κ3) is 2.64. The van der Waals surface area contributed by atoms with E-state index in [9.17, 15) is 22.0 Å². The summed E-state index contributed by atoms with van der Waals surface area (Å²) in [4.78, 5) is 12.6. The summed E-state index contributed by atoms with van der Waals surface area (Å²) >= 11 is 0. The van der Waals surface area contributed by atoms with Crippen molar-refractivity contribution in [2.45, 2.75) is 30.7 Å². The monoisotopic (exact) mass is 323 g/mol. The van der Waals surface area contributed by atoms with Gasteiger partial charge in [0.1, 0.15) is 16.3 Å². The second-order valence-electron chi connectivity index (χ2n) is 4.66. The van der Waals surface area contributed by atoms with E-state index in [0.29, 0.717) is 12.6 Å². The zero-order valence-electron chi connectivity index (χ0n) is 10.6. The van der Waals surface area contributed by atoms with Crippen LogP contribution in [0.1, 0.15) is 30.1 Å². The Labute approximate surface area is 119 Å². The average molecular weight is 324 g/mol. The summed E-state index contributed by atoms with van der Waals surface area (Å²) in [6.45, 7) is 2.15. The fraction of sp³-hybridized carbons (Fsp3) is 0.417. The molecule has 1 heterocycles. The lowest BCUT2D eigenvalue weighted by Crippen LogP contribution is -2.35. The van der Waals surface area contributed by atoms with Gasteiger partial charge in [0.15, 0.2) is 5.82 Å². The van der Waals surface area contributed by atoms with Crippen molar-refractivity contribution in [3.05, 3.63) is 29.3 Å². The van der Waals surface area contributed by atoms with Crippen LogP contribution in [0.15, 0.2) is 17.0 Å². The molecule has 0 spiro atoms. The van der Waals surface area contributed by atoms with E-state index < -0.39 is 37.1 Å². The molecule has 110 valence electrons. The third-order valence-corrected chi connectivity index (χ3v) is 4.69. The topological polar surface area (TPSA) is 54.5 Å². The van der Waals surface area contributed by atoms with Crippen LogP contribution in [0.3, 0.4) is 0 Å². The third-order valence-electron chi connectivity index (χ3n) is 3.35. The molecule has 4 nitrogen and oxygen atoms in total. The van der Waals surface area contributed by atoms with Gasteiger partial charge in [0, 0.05) is 23.3 Å². The van der Waals surface area contributed by atoms with Gasteiger partial charge in [0.05, 0.1) is 0 Å². The predicted octanol–water partition coefficient (Wildman–Crippen LogP) is 2.52.